The van der Waals surface area contributed by atoms with Gasteiger partial charge in [-0.05, 0) is 59.7 Å². The Morgan fingerprint density at radius 1 is 0.977 bits per heavy atom. The molecule has 3 aliphatic heterocycles. The first-order valence-corrected chi connectivity index (χ1v) is 14.7. The normalized spacial score (nSPS) is 18.5. The van der Waals surface area contributed by atoms with Gasteiger partial charge in [0, 0.05) is 56.3 Å². The number of halogens is 1. The maximum absolute atomic E-state index is 14.5. The number of amides is 3. The Kier molecular flexibility index (Phi) is 7.03. The Labute approximate surface area is 253 Å². The molecule has 1 atom stereocenters. The summed E-state index contributed by atoms with van der Waals surface area (Å²) in [5, 5.41) is 4.17. The van der Waals surface area contributed by atoms with Gasteiger partial charge < -0.3 is 4.90 Å². The van der Waals surface area contributed by atoms with E-state index < -0.39 is 11.9 Å². The van der Waals surface area contributed by atoms with Crippen molar-refractivity contribution in [1.29, 1.82) is 0 Å². The highest BCUT2D eigenvalue weighted by atomic mass is 19.1. The monoisotopic (exact) mass is 588 g/mol. The van der Waals surface area contributed by atoms with Gasteiger partial charge in [0.1, 0.15) is 11.9 Å². The van der Waals surface area contributed by atoms with E-state index in [1.807, 2.05) is 41.4 Å². The second-order valence-corrected chi connectivity index (χ2v) is 11.5. The zero-order chi connectivity index (χ0) is 30.4. The number of carbonyl (C=O) groups excluding carboxylic acids is 3. The minimum Gasteiger partial charge on any atom is -0.367 e. The van der Waals surface area contributed by atoms with E-state index in [0.717, 1.165) is 40.7 Å². The summed E-state index contributed by atoms with van der Waals surface area (Å²) in [7, 11) is 0. The van der Waals surface area contributed by atoms with Gasteiger partial charge in [-0.15, -0.1) is 0 Å². The number of anilines is 2. The van der Waals surface area contributed by atoms with Gasteiger partial charge in [-0.2, -0.15) is 0 Å². The van der Waals surface area contributed by atoms with Gasteiger partial charge in [-0.3, -0.25) is 34.5 Å². The summed E-state index contributed by atoms with van der Waals surface area (Å²) in [6.45, 7) is 10.7. The summed E-state index contributed by atoms with van der Waals surface area (Å²) in [6.07, 6.45) is 3.04. The first-order chi connectivity index (χ1) is 21.4. The molecular weight excluding hydrogens is 559 g/mol. The molecule has 0 aliphatic carbocycles. The number of benzene rings is 3. The van der Waals surface area contributed by atoms with Crippen LogP contribution in [0.25, 0.3) is 15.6 Å². The van der Waals surface area contributed by atoms with Crippen LogP contribution in [0.15, 0.2) is 66.9 Å². The number of nitrogens with one attached hydrogen (secondary N) is 1. The fraction of sp³-hybridized carbons (Fsp3) is 0.265. The van der Waals surface area contributed by atoms with Crippen LogP contribution < -0.4 is 15.1 Å². The first-order valence-electron chi connectivity index (χ1n) is 14.7. The summed E-state index contributed by atoms with van der Waals surface area (Å²) in [5.74, 6) is -1.32. The molecule has 10 heteroatoms. The molecule has 3 amide bonds. The largest absolute Gasteiger partial charge is 0.367 e. The molecule has 4 aromatic rings. The molecule has 1 unspecified atom stereocenters. The number of piperazine rings is 1. The fourth-order valence-corrected chi connectivity index (χ4v) is 6.53. The average molecular weight is 589 g/mol. The van der Waals surface area contributed by atoms with Crippen LogP contribution in [0.2, 0.25) is 0 Å². The van der Waals surface area contributed by atoms with E-state index in [1.165, 1.54) is 6.07 Å². The number of hydrogen-bond donors (Lipinski definition) is 1. The van der Waals surface area contributed by atoms with Crippen LogP contribution in [0.5, 0.6) is 0 Å². The first kappa shape index (κ1) is 27.7. The zero-order valence-corrected chi connectivity index (χ0v) is 23.9. The van der Waals surface area contributed by atoms with Crippen LogP contribution in [0, 0.1) is 12.4 Å². The van der Waals surface area contributed by atoms with Gasteiger partial charge in [0.2, 0.25) is 11.8 Å². The standard InChI is InChI=1S/C34H29FN6O3/c1-36-23-8-10-28(27(35)18-23)40-15-13-39(14-16-40)20-24-7-5-21(19-37-24)17-22-6-9-29-32-25(22)3-2-4-26(32)34(44)41(29)30-11-12-31(42)38-33(30)43/h2-10,18-19,30H,11-17,20H2,(H,38,42,43). The zero-order valence-electron chi connectivity index (χ0n) is 23.9. The second kappa shape index (κ2) is 11.2. The van der Waals surface area contributed by atoms with Gasteiger partial charge in [0.25, 0.3) is 5.91 Å². The third-order valence-corrected chi connectivity index (χ3v) is 8.78. The van der Waals surface area contributed by atoms with Gasteiger partial charge in [-0.25, -0.2) is 9.24 Å². The summed E-state index contributed by atoms with van der Waals surface area (Å²) in [4.78, 5) is 51.6. The molecule has 0 bridgehead atoms. The Balaban J connectivity index is 1.03. The smallest absolute Gasteiger partial charge is 0.259 e. The number of rotatable bonds is 6. The van der Waals surface area contributed by atoms with E-state index in [1.54, 1.807) is 23.1 Å². The molecule has 4 heterocycles. The topological polar surface area (TPSA) is 90.2 Å². The molecule has 2 fully saturated rings. The van der Waals surface area contributed by atoms with Crippen LogP contribution in [0.3, 0.4) is 0 Å². The van der Waals surface area contributed by atoms with Gasteiger partial charge in [-0.1, -0.05) is 30.3 Å². The fourth-order valence-electron chi connectivity index (χ4n) is 6.53. The van der Waals surface area contributed by atoms with Crippen molar-refractivity contribution in [3.8, 4) is 0 Å². The number of piperidine rings is 1. The van der Waals surface area contributed by atoms with E-state index in [0.29, 0.717) is 55.1 Å². The van der Waals surface area contributed by atoms with E-state index in [2.05, 4.69) is 21.1 Å². The van der Waals surface area contributed by atoms with Crippen LogP contribution in [0.1, 0.15) is 40.0 Å². The van der Waals surface area contributed by atoms with Crippen molar-refractivity contribution >= 4 is 45.6 Å². The molecule has 0 spiro atoms. The van der Waals surface area contributed by atoms with Crippen LogP contribution in [-0.2, 0) is 22.6 Å². The molecule has 44 heavy (non-hydrogen) atoms. The molecule has 0 radical (unpaired) electrons. The van der Waals surface area contributed by atoms with Crippen molar-refractivity contribution in [2.45, 2.75) is 31.8 Å². The van der Waals surface area contributed by atoms with Crippen molar-refractivity contribution in [3.05, 3.63) is 106 Å². The Bertz CT molecular complexity index is 1860. The van der Waals surface area contributed by atoms with Crippen LogP contribution in [-0.4, -0.2) is 59.8 Å². The summed E-state index contributed by atoms with van der Waals surface area (Å²) < 4.78 is 14.5. The molecule has 9 nitrogen and oxygen atoms in total. The minimum absolute atomic E-state index is 0.205. The lowest BCUT2D eigenvalue weighted by Gasteiger charge is -2.36. The quantitative estimate of drug-likeness (QED) is 0.262. The molecule has 7 rings (SSSR count). The molecular formula is C34H29FN6O3. The highest BCUT2D eigenvalue weighted by molar-refractivity contribution is 6.27. The number of nitrogens with zero attached hydrogens (tertiary/aromatic N) is 5. The molecule has 2 saturated heterocycles. The van der Waals surface area contributed by atoms with E-state index >= 15 is 0 Å². The molecule has 0 saturated carbocycles. The maximum Gasteiger partial charge on any atom is 0.259 e. The third-order valence-electron chi connectivity index (χ3n) is 8.78. The molecule has 220 valence electrons. The number of hydrogen-bond acceptors (Lipinski definition) is 6. The van der Waals surface area contributed by atoms with E-state index in [4.69, 9.17) is 11.6 Å². The van der Waals surface area contributed by atoms with Crippen molar-refractivity contribution in [2.24, 2.45) is 0 Å². The summed E-state index contributed by atoms with van der Waals surface area (Å²) in [6, 6.07) is 17.6. The van der Waals surface area contributed by atoms with E-state index in [-0.39, 0.29) is 24.1 Å². The number of pyridine rings is 1. The predicted molar refractivity (Wildman–Crippen MR) is 164 cm³/mol. The van der Waals surface area contributed by atoms with Crippen molar-refractivity contribution < 1.29 is 18.8 Å². The van der Waals surface area contributed by atoms with Crippen LogP contribution >= 0.6 is 0 Å². The lowest BCUT2D eigenvalue weighted by molar-refractivity contribution is -0.134. The SMILES string of the molecule is [C-]#[N+]c1ccc(N2CCN(Cc3ccc(Cc4ccc5c6c(cccc46)C(=O)N5C4CCC(=O)NC4=O)cn3)CC2)c(F)c1. The third kappa shape index (κ3) is 4.95. The van der Waals surface area contributed by atoms with Crippen molar-refractivity contribution in [1.82, 2.24) is 15.2 Å². The Hall–Kier alpha value is -5.14. The number of imide groups is 1. The summed E-state index contributed by atoms with van der Waals surface area (Å²) in [5.41, 5.74) is 5.18. The minimum atomic E-state index is -0.709. The number of aromatic nitrogens is 1. The maximum atomic E-state index is 14.5. The van der Waals surface area contributed by atoms with Gasteiger partial charge in [0.15, 0.2) is 5.69 Å². The van der Waals surface area contributed by atoms with Crippen molar-refractivity contribution in [2.75, 3.05) is 36.0 Å². The van der Waals surface area contributed by atoms with Crippen molar-refractivity contribution in [3.63, 3.8) is 0 Å². The lowest BCUT2D eigenvalue weighted by atomic mass is 9.96. The van der Waals surface area contributed by atoms with E-state index in [9.17, 15) is 18.8 Å². The predicted octanol–water partition coefficient (Wildman–Crippen LogP) is 4.60. The molecule has 3 aliphatic rings. The lowest BCUT2D eigenvalue weighted by Crippen LogP contribution is -2.53. The Morgan fingerprint density at radius 2 is 1.80 bits per heavy atom. The van der Waals surface area contributed by atoms with Crippen LogP contribution in [0.4, 0.5) is 21.5 Å². The molecule has 1 N–H and O–H groups in total. The summed E-state index contributed by atoms with van der Waals surface area (Å²) >= 11 is 0. The highest BCUT2D eigenvalue weighted by Gasteiger charge is 2.40. The average Bonchev–Trinajstić information content (AvgIpc) is 3.32. The van der Waals surface area contributed by atoms with Gasteiger partial charge in [0.05, 0.1) is 23.6 Å². The molecule has 3 aromatic carbocycles. The van der Waals surface area contributed by atoms with Gasteiger partial charge >= 0.3 is 0 Å². The Morgan fingerprint density at radius 3 is 2.52 bits per heavy atom. The number of carbonyl (C=O) groups is 3. The molecule has 1 aromatic heterocycles. The second-order valence-electron chi connectivity index (χ2n) is 11.5. The highest BCUT2D eigenvalue weighted by Crippen LogP contribution is 2.41.